The van der Waals surface area contributed by atoms with Crippen molar-refractivity contribution in [3.05, 3.63) is 23.8 Å². The highest BCUT2D eigenvalue weighted by Gasteiger charge is 2.08. The van der Waals surface area contributed by atoms with Crippen molar-refractivity contribution in [1.82, 2.24) is 19.6 Å². The van der Waals surface area contributed by atoms with E-state index in [1.807, 2.05) is 13.1 Å². The number of anilines is 1. The molecule has 0 aliphatic rings. The van der Waals surface area contributed by atoms with E-state index in [1.165, 1.54) is 11.5 Å². The van der Waals surface area contributed by atoms with Gasteiger partial charge in [-0.2, -0.15) is 9.47 Å². The van der Waals surface area contributed by atoms with Crippen LogP contribution in [0.25, 0.3) is 0 Å². The Morgan fingerprint density at radius 2 is 2.43 bits per heavy atom. The number of rotatable bonds is 3. The third-order valence-electron chi connectivity index (χ3n) is 1.89. The fourth-order valence-corrected chi connectivity index (χ4v) is 1.78. The molecule has 0 saturated heterocycles. The van der Waals surface area contributed by atoms with Gasteiger partial charge in [0.1, 0.15) is 5.82 Å². The van der Waals surface area contributed by atoms with Gasteiger partial charge in [0, 0.05) is 23.3 Å². The van der Waals surface area contributed by atoms with Gasteiger partial charge in [0.2, 0.25) is 5.13 Å². The van der Waals surface area contributed by atoms with Crippen molar-refractivity contribution >= 4 is 16.7 Å². The second-order valence-electron chi connectivity index (χ2n) is 3.04. The van der Waals surface area contributed by atoms with Crippen LogP contribution in [0.2, 0.25) is 0 Å². The topological polar surface area (TPSA) is 66.5 Å². The first-order chi connectivity index (χ1) is 6.75. The highest BCUT2D eigenvalue weighted by Crippen LogP contribution is 2.19. The van der Waals surface area contributed by atoms with Crippen molar-refractivity contribution in [3.63, 3.8) is 0 Å². The molecule has 0 aliphatic carbocycles. The van der Waals surface area contributed by atoms with E-state index in [0.717, 1.165) is 16.5 Å². The molecule has 1 atom stereocenters. The van der Waals surface area contributed by atoms with Crippen molar-refractivity contribution in [2.75, 3.05) is 5.32 Å². The number of aromatic nitrogens is 4. The molecular weight excluding hydrogens is 198 g/mol. The third-order valence-corrected chi connectivity index (χ3v) is 2.62. The Kier molecular flexibility index (Phi) is 2.45. The molecule has 2 heterocycles. The van der Waals surface area contributed by atoms with Gasteiger partial charge in [0.25, 0.3) is 0 Å². The van der Waals surface area contributed by atoms with Gasteiger partial charge in [-0.3, -0.25) is 5.10 Å². The van der Waals surface area contributed by atoms with E-state index in [1.54, 1.807) is 6.20 Å². The maximum atomic E-state index is 4.23. The monoisotopic (exact) mass is 209 g/mol. The smallest absolute Gasteiger partial charge is 0.203 e. The summed E-state index contributed by atoms with van der Waals surface area (Å²) in [4.78, 5) is 4.23. The number of H-pyrrole nitrogens is 1. The minimum absolute atomic E-state index is 0.195. The molecule has 0 spiro atoms. The highest BCUT2D eigenvalue weighted by molar-refractivity contribution is 7.09. The van der Waals surface area contributed by atoms with Crippen LogP contribution in [0.1, 0.15) is 24.4 Å². The molecule has 2 aromatic rings. The molecule has 0 amide bonds. The lowest BCUT2D eigenvalue weighted by molar-refractivity contribution is 0.881. The molecule has 0 bridgehead atoms. The predicted octanol–water partition coefficient (Wildman–Crippen LogP) is 1.74. The molecule has 14 heavy (non-hydrogen) atoms. The van der Waals surface area contributed by atoms with Crippen LogP contribution in [-0.4, -0.2) is 19.6 Å². The average molecular weight is 209 g/mol. The summed E-state index contributed by atoms with van der Waals surface area (Å²) < 4.78 is 4.10. The van der Waals surface area contributed by atoms with E-state index in [9.17, 15) is 0 Å². The number of aromatic amines is 1. The maximum absolute atomic E-state index is 4.23. The Balaban J connectivity index is 2.05. The van der Waals surface area contributed by atoms with E-state index in [0.29, 0.717) is 0 Å². The zero-order valence-corrected chi connectivity index (χ0v) is 8.80. The predicted molar refractivity (Wildman–Crippen MR) is 55.3 cm³/mol. The van der Waals surface area contributed by atoms with Gasteiger partial charge in [-0.25, -0.2) is 4.98 Å². The molecule has 74 valence electrons. The largest absolute Gasteiger partial charge is 0.354 e. The highest BCUT2D eigenvalue weighted by atomic mass is 32.1. The lowest BCUT2D eigenvalue weighted by Gasteiger charge is -2.09. The lowest BCUT2D eigenvalue weighted by Crippen LogP contribution is -2.05. The summed E-state index contributed by atoms with van der Waals surface area (Å²) in [7, 11) is 0. The molecule has 6 heteroatoms. The van der Waals surface area contributed by atoms with Crippen LogP contribution in [0.15, 0.2) is 12.4 Å². The first-order valence-corrected chi connectivity index (χ1v) is 5.08. The van der Waals surface area contributed by atoms with Crippen LogP contribution >= 0.6 is 11.5 Å². The summed E-state index contributed by atoms with van der Waals surface area (Å²) in [5, 5.41) is 10.8. The maximum Gasteiger partial charge on any atom is 0.203 e. The second-order valence-corrected chi connectivity index (χ2v) is 3.80. The van der Waals surface area contributed by atoms with Gasteiger partial charge in [-0.1, -0.05) is 0 Å². The van der Waals surface area contributed by atoms with Crippen molar-refractivity contribution in [3.8, 4) is 0 Å². The number of nitrogens with zero attached hydrogens (tertiary/aromatic N) is 3. The summed E-state index contributed by atoms with van der Waals surface area (Å²) in [6.07, 6.45) is 3.66. The standard InChI is InChI=1S/C8H11N5S/c1-5(7-3-9-10-4-7)11-8-12-6(2)13-14-8/h3-5H,1-2H3,(H,9,10)(H,11,12,13). The third kappa shape index (κ3) is 1.90. The van der Waals surface area contributed by atoms with Gasteiger partial charge < -0.3 is 5.32 Å². The van der Waals surface area contributed by atoms with Gasteiger partial charge in [0.05, 0.1) is 12.2 Å². The number of nitrogens with one attached hydrogen (secondary N) is 2. The first-order valence-electron chi connectivity index (χ1n) is 4.31. The second kappa shape index (κ2) is 3.75. The normalized spacial score (nSPS) is 12.7. The molecule has 2 aromatic heterocycles. The molecule has 0 radical (unpaired) electrons. The Labute approximate surface area is 85.8 Å². The van der Waals surface area contributed by atoms with E-state index in [4.69, 9.17) is 0 Å². The van der Waals surface area contributed by atoms with Gasteiger partial charge >= 0.3 is 0 Å². The van der Waals surface area contributed by atoms with Crippen LogP contribution < -0.4 is 5.32 Å². The zero-order chi connectivity index (χ0) is 9.97. The average Bonchev–Trinajstić information content (AvgIpc) is 2.75. The summed E-state index contributed by atoms with van der Waals surface area (Å²) in [6.45, 7) is 3.94. The van der Waals surface area contributed by atoms with Crippen molar-refractivity contribution in [1.29, 1.82) is 0 Å². The first kappa shape index (κ1) is 9.14. The molecule has 2 N–H and O–H groups in total. The van der Waals surface area contributed by atoms with E-state index >= 15 is 0 Å². The van der Waals surface area contributed by atoms with Crippen molar-refractivity contribution in [2.24, 2.45) is 0 Å². The molecule has 2 rings (SSSR count). The molecule has 1 unspecified atom stereocenters. The Morgan fingerprint density at radius 3 is 3.00 bits per heavy atom. The quantitative estimate of drug-likeness (QED) is 0.808. The van der Waals surface area contributed by atoms with E-state index in [-0.39, 0.29) is 6.04 Å². The van der Waals surface area contributed by atoms with Crippen LogP contribution in [-0.2, 0) is 0 Å². The molecular formula is C8H11N5S. The van der Waals surface area contributed by atoms with E-state index < -0.39 is 0 Å². The molecule has 0 fully saturated rings. The Morgan fingerprint density at radius 1 is 1.57 bits per heavy atom. The van der Waals surface area contributed by atoms with Gasteiger partial charge in [-0.15, -0.1) is 0 Å². The van der Waals surface area contributed by atoms with Crippen LogP contribution in [0.4, 0.5) is 5.13 Å². The number of hydrogen-bond donors (Lipinski definition) is 2. The van der Waals surface area contributed by atoms with Crippen molar-refractivity contribution < 1.29 is 0 Å². The molecule has 5 nitrogen and oxygen atoms in total. The van der Waals surface area contributed by atoms with Crippen LogP contribution in [0.3, 0.4) is 0 Å². The number of aryl methyl sites for hydroxylation is 1. The summed E-state index contributed by atoms with van der Waals surface area (Å²) in [5.41, 5.74) is 1.11. The lowest BCUT2D eigenvalue weighted by atomic mass is 10.2. The molecule has 0 saturated carbocycles. The van der Waals surface area contributed by atoms with Crippen molar-refractivity contribution in [2.45, 2.75) is 19.9 Å². The van der Waals surface area contributed by atoms with Gasteiger partial charge in [-0.05, 0) is 13.8 Å². The summed E-state index contributed by atoms with van der Waals surface area (Å²) >= 11 is 1.37. The zero-order valence-electron chi connectivity index (χ0n) is 7.98. The fourth-order valence-electron chi connectivity index (χ4n) is 1.12. The van der Waals surface area contributed by atoms with Crippen LogP contribution in [0.5, 0.6) is 0 Å². The van der Waals surface area contributed by atoms with Crippen LogP contribution in [0, 0.1) is 6.92 Å². The Hall–Kier alpha value is -1.43. The Bertz CT molecular complexity index is 394. The fraction of sp³-hybridized carbons (Fsp3) is 0.375. The van der Waals surface area contributed by atoms with E-state index in [2.05, 4.69) is 31.8 Å². The minimum atomic E-state index is 0.195. The molecule has 0 aliphatic heterocycles. The SMILES string of the molecule is Cc1nsc(NC(C)c2cn[nH]c2)n1. The molecule has 0 aromatic carbocycles. The summed E-state index contributed by atoms with van der Waals surface area (Å²) in [6, 6.07) is 0.195. The minimum Gasteiger partial charge on any atom is -0.354 e. The summed E-state index contributed by atoms with van der Waals surface area (Å²) in [5.74, 6) is 0.803. The number of hydrogen-bond acceptors (Lipinski definition) is 5. The van der Waals surface area contributed by atoms with Gasteiger partial charge in [0.15, 0.2) is 0 Å².